The second kappa shape index (κ2) is 6.60. The number of carbonyl (C=O) groups is 1. The molecule has 1 aliphatic heterocycles. The second-order valence-electron chi connectivity index (χ2n) is 5.99. The summed E-state index contributed by atoms with van der Waals surface area (Å²) in [6.07, 6.45) is 1.50. The van der Waals surface area contributed by atoms with Gasteiger partial charge in [0, 0.05) is 20.2 Å². The van der Waals surface area contributed by atoms with Gasteiger partial charge in [-0.25, -0.2) is 0 Å². The Balaban J connectivity index is 2.04. The van der Waals surface area contributed by atoms with Crippen molar-refractivity contribution in [2.24, 2.45) is 0 Å². The predicted octanol–water partition coefficient (Wildman–Crippen LogP) is 0.955. The molecule has 1 amide bonds. The summed E-state index contributed by atoms with van der Waals surface area (Å²) in [6, 6.07) is 3.41. The number of β-amino-alcohol motifs (C(OH)–C–C–N with tert-alkyl or cyclic N) is 1. The van der Waals surface area contributed by atoms with E-state index in [0.717, 1.165) is 6.42 Å². The largest absolute Gasteiger partial charge is 0.453 e. The first-order valence-corrected chi connectivity index (χ1v) is 7.17. The van der Waals surface area contributed by atoms with Gasteiger partial charge < -0.3 is 24.1 Å². The molecule has 0 saturated carbocycles. The Morgan fingerprint density at radius 2 is 2.29 bits per heavy atom. The second-order valence-corrected chi connectivity index (χ2v) is 5.99. The highest BCUT2D eigenvalue weighted by atomic mass is 16.5. The minimum atomic E-state index is -0.848. The number of piperidine rings is 1. The van der Waals surface area contributed by atoms with Gasteiger partial charge in [0.15, 0.2) is 5.76 Å². The van der Waals surface area contributed by atoms with Crippen LogP contribution in [-0.2, 0) is 11.3 Å². The maximum Gasteiger partial charge on any atom is 0.289 e. The van der Waals surface area contributed by atoms with Crippen molar-refractivity contribution in [2.75, 3.05) is 40.8 Å². The van der Waals surface area contributed by atoms with Crippen molar-refractivity contribution in [3.63, 3.8) is 0 Å². The Labute approximate surface area is 125 Å². The van der Waals surface area contributed by atoms with Gasteiger partial charge in [0.25, 0.3) is 5.91 Å². The topological polar surface area (TPSA) is 66.2 Å². The molecule has 1 aromatic rings. The van der Waals surface area contributed by atoms with Gasteiger partial charge >= 0.3 is 0 Å². The third-order valence-electron chi connectivity index (χ3n) is 3.61. The molecule has 118 valence electrons. The summed E-state index contributed by atoms with van der Waals surface area (Å²) in [4.78, 5) is 16.1. The molecule has 0 bridgehead atoms. The number of aliphatic hydroxyl groups is 1. The summed E-state index contributed by atoms with van der Waals surface area (Å²) in [6.45, 7) is 1.88. The lowest BCUT2D eigenvalue weighted by atomic mass is 9.92. The number of methoxy groups -OCH3 is 1. The van der Waals surface area contributed by atoms with Crippen LogP contribution in [0.5, 0.6) is 0 Å². The molecular weight excluding hydrogens is 272 g/mol. The van der Waals surface area contributed by atoms with Crippen LogP contribution in [0.15, 0.2) is 16.5 Å². The number of likely N-dealkylation sites (N-methyl/N-ethyl adjacent to an activating group) is 1. The number of carbonyl (C=O) groups excluding carboxylic acids is 1. The fourth-order valence-corrected chi connectivity index (χ4v) is 2.87. The van der Waals surface area contributed by atoms with Crippen LogP contribution < -0.4 is 0 Å². The summed E-state index contributed by atoms with van der Waals surface area (Å²) in [7, 11) is 5.42. The zero-order chi connectivity index (χ0) is 15.5. The summed E-state index contributed by atoms with van der Waals surface area (Å²) in [5, 5.41) is 10.6. The van der Waals surface area contributed by atoms with Crippen molar-refractivity contribution >= 4 is 5.91 Å². The van der Waals surface area contributed by atoms with Gasteiger partial charge in [-0.2, -0.15) is 0 Å². The monoisotopic (exact) mass is 296 g/mol. The van der Waals surface area contributed by atoms with Crippen LogP contribution >= 0.6 is 0 Å². The zero-order valence-corrected chi connectivity index (χ0v) is 13.0. The smallest absolute Gasteiger partial charge is 0.289 e. The van der Waals surface area contributed by atoms with Gasteiger partial charge in [-0.15, -0.1) is 0 Å². The van der Waals surface area contributed by atoms with E-state index < -0.39 is 5.60 Å². The van der Waals surface area contributed by atoms with Crippen LogP contribution in [0.4, 0.5) is 0 Å². The molecule has 1 aromatic heterocycles. The van der Waals surface area contributed by atoms with Crippen LogP contribution in [0.2, 0.25) is 0 Å². The minimum Gasteiger partial charge on any atom is -0.453 e. The van der Waals surface area contributed by atoms with Crippen LogP contribution in [0.25, 0.3) is 0 Å². The number of amides is 1. The quantitative estimate of drug-likeness (QED) is 0.876. The Hall–Kier alpha value is -1.37. The van der Waals surface area contributed by atoms with Crippen molar-refractivity contribution < 1.29 is 19.1 Å². The van der Waals surface area contributed by atoms with E-state index >= 15 is 0 Å². The van der Waals surface area contributed by atoms with E-state index in [9.17, 15) is 9.90 Å². The highest BCUT2D eigenvalue weighted by Gasteiger charge is 2.36. The average molecular weight is 296 g/mol. The number of hydrogen-bond acceptors (Lipinski definition) is 5. The molecule has 0 aromatic carbocycles. The molecule has 0 aliphatic carbocycles. The molecule has 2 rings (SSSR count). The summed E-state index contributed by atoms with van der Waals surface area (Å²) in [5.41, 5.74) is -0.848. The van der Waals surface area contributed by atoms with Gasteiger partial charge in [0.1, 0.15) is 12.4 Å². The first-order valence-electron chi connectivity index (χ1n) is 7.17. The van der Waals surface area contributed by atoms with Gasteiger partial charge in [0.05, 0.1) is 12.1 Å². The molecular formula is C15H24N2O4. The molecule has 1 saturated heterocycles. The maximum atomic E-state index is 12.5. The van der Waals surface area contributed by atoms with E-state index in [1.54, 1.807) is 24.1 Å². The number of rotatable bonds is 5. The summed E-state index contributed by atoms with van der Waals surface area (Å²) in [5.74, 6) is 0.756. The number of hydrogen-bond donors (Lipinski definition) is 1. The lowest BCUT2D eigenvalue weighted by Crippen LogP contribution is -2.54. The van der Waals surface area contributed by atoms with Crippen molar-refractivity contribution in [2.45, 2.75) is 25.0 Å². The number of nitrogens with zero attached hydrogens (tertiary/aromatic N) is 2. The summed E-state index contributed by atoms with van der Waals surface area (Å²) < 4.78 is 10.5. The molecule has 1 N–H and O–H groups in total. The molecule has 1 aliphatic rings. The van der Waals surface area contributed by atoms with E-state index in [-0.39, 0.29) is 5.91 Å². The lowest BCUT2D eigenvalue weighted by molar-refractivity contribution is -0.0398. The highest BCUT2D eigenvalue weighted by Crippen LogP contribution is 2.23. The number of furan rings is 1. The lowest BCUT2D eigenvalue weighted by Gasteiger charge is -2.40. The van der Waals surface area contributed by atoms with E-state index in [4.69, 9.17) is 9.15 Å². The molecule has 2 heterocycles. The van der Waals surface area contributed by atoms with E-state index in [2.05, 4.69) is 0 Å². The van der Waals surface area contributed by atoms with Crippen LogP contribution in [-0.4, -0.2) is 67.3 Å². The fraction of sp³-hybridized carbons (Fsp3) is 0.667. The molecule has 1 atom stereocenters. The normalized spacial score (nSPS) is 22.8. The average Bonchev–Trinajstić information content (AvgIpc) is 2.85. The van der Waals surface area contributed by atoms with E-state index in [1.807, 2.05) is 19.0 Å². The molecule has 0 unspecified atom stereocenters. The zero-order valence-electron chi connectivity index (χ0n) is 13.0. The molecule has 21 heavy (non-hydrogen) atoms. The highest BCUT2D eigenvalue weighted by molar-refractivity contribution is 5.91. The van der Waals surface area contributed by atoms with Crippen molar-refractivity contribution in [1.82, 2.24) is 9.80 Å². The van der Waals surface area contributed by atoms with Gasteiger partial charge in [-0.05, 0) is 39.1 Å². The first kappa shape index (κ1) is 16.0. The fourth-order valence-electron chi connectivity index (χ4n) is 2.87. The third kappa shape index (κ3) is 4.06. The van der Waals surface area contributed by atoms with Gasteiger partial charge in [0.2, 0.25) is 0 Å². The SMILES string of the molecule is COCc1ccc(C(=O)N2CCC[C@@](O)(CN(C)C)C2)o1. The Morgan fingerprint density at radius 1 is 1.52 bits per heavy atom. The Kier molecular flexibility index (Phi) is 5.03. The van der Waals surface area contributed by atoms with Crippen LogP contribution in [0.3, 0.4) is 0 Å². The molecule has 1 fully saturated rings. The minimum absolute atomic E-state index is 0.172. The van der Waals surface area contributed by atoms with Gasteiger partial charge in [-0.1, -0.05) is 0 Å². The Bertz CT molecular complexity index is 486. The predicted molar refractivity (Wildman–Crippen MR) is 78.1 cm³/mol. The molecule has 6 heteroatoms. The number of ether oxygens (including phenoxy) is 1. The molecule has 0 spiro atoms. The third-order valence-corrected chi connectivity index (χ3v) is 3.61. The van der Waals surface area contributed by atoms with Crippen LogP contribution in [0, 0.1) is 0 Å². The van der Waals surface area contributed by atoms with E-state index in [1.165, 1.54) is 0 Å². The summed E-state index contributed by atoms with van der Waals surface area (Å²) >= 11 is 0. The number of likely N-dealkylation sites (tertiary alicyclic amines) is 1. The van der Waals surface area contributed by atoms with Crippen molar-refractivity contribution in [1.29, 1.82) is 0 Å². The Morgan fingerprint density at radius 3 is 2.95 bits per heavy atom. The first-order chi connectivity index (χ1) is 9.93. The maximum absolute atomic E-state index is 12.5. The van der Waals surface area contributed by atoms with Crippen molar-refractivity contribution in [3.8, 4) is 0 Å². The standard InChI is InChI=1S/C15H24N2O4/c1-16(2)10-15(19)7-4-8-17(11-15)14(18)13-6-5-12(21-13)9-20-3/h5-6,19H,4,7-11H2,1-3H3/t15-/m1/s1. The van der Waals surface area contributed by atoms with Crippen molar-refractivity contribution in [3.05, 3.63) is 23.7 Å². The van der Waals surface area contributed by atoms with Gasteiger partial charge in [-0.3, -0.25) is 4.79 Å². The van der Waals surface area contributed by atoms with E-state index in [0.29, 0.717) is 44.2 Å². The molecule has 0 radical (unpaired) electrons. The van der Waals surface area contributed by atoms with Crippen LogP contribution in [0.1, 0.15) is 29.2 Å². The molecule has 6 nitrogen and oxygen atoms in total.